The third kappa shape index (κ3) is 3.34. The van der Waals surface area contributed by atoms with Gasteiger partial charge in [-0.2, -0.15) is 0 Å². The van der Waals surface area contributed by atoms with Crippen molar-refractivity contribution in [2.24, 2.45) is 5.92 Å². The van der Waals surface area contributed by atoms with Crippen LogP contribution in [0.15, 0.2) is 28.7 Å². The molecule has 0 saturated heterocycles. The smallest absolute Gasteiger partial charge is 0.0346 e. The van der Waals surface area contributed by atoms with E-state index in [1.807, 2.05) is 0 Å². The van der Waals surface area contributed by atoms with Crippen LogP contribution in [0.3, 0.4) is 0 Å². The minimum absolute atomic E-state index is 0.496. The summed E-state index contributed by atoms with van der Waals surface area (Å²) in [5, 5.41) is 6.91. The average Bonchev–Trinajstić information content (AvgIpc) is 2.42. The molecule has 0 spiro atoms. The summed E-state index contributed by atoms with van der Waals surface area (Å²) in [4.78, 5) is 0. The lowest BCUT2D eigenvalue weighted by molar-refractivity contribution is 0.248. The highest BCUT2D eigenvalue weighted by atomic mass is 79.9. The number of hydrogen-bond donors (Lipinski definition) is 2. The van der Waals surface area contributed by atoms with Crippen LogP contribution in [0.2, 0.25) is 0 Å². The molecule has 2 nitrogen and oxygen atoms in total. The monoisotopic (exact) mass is 310 g/mol. The molecule has 0 heterocycles. The molecule has 1 atom stereocenters. The standard InChI is InChI=1S/C15H23BrN2/c1-17-14-9-5-12(6-10-14)15(18-2)11-3-7-13(16)8-4-11/h3-4,7-8,12,14-15,17-18H,5-6,9-10H2,1-2H3. The third-order valence-corrected chi connectivity index (χ3v) is 4.72. The zero-order valence-electron chi connectivity index (χ0n) is 11.2. The first-order valence-corrected chi connectivity index (χ1v) is 7.64. The molecule has 0 amide bonds. The van der Waals surface area contributed by atoms with Gasteiger partial charge >= 0.3 is 0 Å². The Morgan fingerprint density at radius 3 is 2.17 bits per heavy atom. The van der Waals surface area contributed by atoms with Gasteiger partial charge in [-0.1, -0.05) is 28.1 Å². The Hall–Kier alpha value is -0.380. The number of nitrogens with one attached hydrogen (secondary N) is 2. The molecule has 1 aromatic carbocycles. The van der Waals surface area contributed by atoms with E-state index in [4.69, 9.17) is 0 Å². The predicted octanol–water partition coefficient (Wildman–Crippen LogP) is 3.49. The molecule has 1 aliphatic rings. The summed E-state index contributed by atoms with van der Waals surface area (Å²) in [7, 11) is 4.16. The minimum Gasteiger partial charge on any atom is -0.317 e. The van der Waals surface area contributed by atoms with Gasteiger partial charge in [-0.3, -0.25) is 0 Å². The largest absolute Gasteiger partial charge is 0.317 e. The molecule has 0 aromatic heterocycles. The van der Waals surface area contributed by atoms with E-state index < -0.39 is 0 Å². The highest BCUT2D eigenvalue weighted by Gasteiger charge is 2.26. The summed E-state index contributed by atoms with van der Waals surface area (Å²) in [6.45, 7) is 0. The molecule has 0 bridgehead atoms. The van der Waals surface area contributed by atoms with E-state index in [2.05, 4.69) is 64.9 Å². The molecule has 2 N–H and O–H groups in total. The number of hydrogen-bond acceptors (Lipinski definition) is 2. The fourth-order valence-corrected chi connectivity index (χ4v) is 3.35. The Labute approximate surface area is 119 Å². The Kier molecular flexibility index (Phi) is 5.22. The van der Waals surface area contributed by atoms with Crippen molar-refractivity contribution in [1.29, 1.82) is 0 Å². The van der Waals surface area contributed by atoms with Gasteiger partial charge in [-0.15, -0.1) is 0 Å². The Morgan fingerprint density at radius 1 is 1.06 bits per heavy atom. The van der Waals surface area contributed by atoms with E-state index in [1.165, 1.54) is 31.2 Å². The van der Waals surface area contributed by atoms with Crippen LogP contribution in [0, 0.1) is 5.92 Å². The van der Waals surface area contributed by atoms with E-state index in [-0.39, 0.29) is 0 Å². The van der Waals surface area contributed by atoms with Crippen LogP contribution in [0.1, 0.15) is 37.3 Å². The summed E-state index contributed by atoms with van der Waals surface area (Å²) in [6, 6.07) is 9.96. The molecule has 1 saturated carbocycles. The second-order valence-electron chi connectivity index (χ2n) is 5.22. The molecule has 1 fully saturated rings. The van der Waals surface area contributed by atoms with Gasteiger partial charge in [0.25, 0.3) is 0 Å². The first-order valence-electron chi connectivity index (χ1n) is 6.84. The van der Waals surface area contributed by atoms with Crippen molar-refractivity contribution in [1.82, 2.24) is 10.6 Å². The quantitative estimate of drug-likeness (QED) is 0.889. The Morgan fingerprint density at radius 2 is 1.67 bits per heavy atom. The average molecular weight is 311 g/mol. The van der Waals surface area contributed by atoms with Crippen molar-refractivity contribution < 1.29 is 0 Å². The van der Waals surface area contributed by atoms with Gasteiger partial charge in [-0.25, -0.2) is 0 Å². The fraction of sp³-hybridized carbons (Fsp3) is 0.600. The molecular formula is C15H23BrN2. The third-order valence-electron chi connectivity index (χ3n) is 4.19. The molecule has 1 unspecified atom stereocenters. The van der Waals surface area contributed by atoms with E-state index >= 15 is 0 Å². The maximum Gasteiger partial charge on any atom is 0.0346 e. The molecule has 0 aliphatic heterocycles. The zero-order valence-corrected chi connectivity index (χ0v) is 12.8. The van der Waals surface area contributed by atoms with Crippen molar-refractivity contribution in [2.75, 3.05) is 14.1 Å². The molecular weight excluding hydrogens is 288 g/mol. The fourth-order valence-electron chi connectivity index (χ4n) is 3.09. The Bertz CT molecular complexity index is 355. The molecule has 2 rings (SSSR count). The second kappa shape index (κ2) is 6.69. The summed E-state index contributed by atoms with van der Waals surface area (Å²) >= 11 is 3.50. The van der Waals surface area contributed by atoms with Gasteiger partial charge in [0.1, 0.15) is 0 Å². The van der Waals surface area contributed by atoms with E-state index in [0.717, 1.165) is 16.4 Å². The molecule has 3 heteroatoms. The number of halogens is 1. The second-order valence-corrected chi connectivity index (χ2v) is 6.13. The molecule has 1 aromatic rings. The van der Waals surface area contributed by atoms with Crippen LogP contribution >= 0.6 is 15.9 Å². The highest BCUT2D eigenvalue weighted by Crippen LogP contribution is 2.34. The van der Waals surface area contributed by atoms with Crippen molar-refractivity contribution in [3.8, 4) is 0 Å². The lowest BCUT2D eigenvalue weighted by Crippen LogP contribution is -2.34. The minimum atomic E-state index is 0.496. The van der Waals surface area contributed by atoms with Crippen molar-refractivity contribution >= 4 is 15.9 Å². The van der Waals surface area contributed by atoms with Crippen LogP contribution in [-0.2, 0) is 0 Å². The van der Waals surface area contributed by atoms with Crippen molar-refractivity contribution in [3.63, 3.8) is 0 Å². The lowest BCUT2D eigenvalue weighted by Gasteiger charge is -2.34. The van der Waals surface area contributed by atoms with Gasteiger partial charge in [0.15, 0.2) is 0 Å². The molecule has 1 aliphatic carbocycles. The zero-order chi connectivity index (χ0) is 13.0. The van der Waals surface area contributed by atoms with Gasteiger partial charge < -0.3 is 10.6 Å². The number of rotatable bonds is 4. The van der Waals surface area contributed by atoms with Crippen LogP contribution in [-0.4, -0.2) is 20.1 Å². The molecule has 18 heavy (non-hydrogen) atoms. The van der Waals surface area contributed by atoms with Gasteiger partial charge in [0, 0.05) is 16.6 Å². The number of benzene rings is 1. The van der Waals surface area contributed by atoms with Gasteiger partial charge in [0.05, 0.1) is 0 Å². The lowest BCUT2D eigenvalue weighted by atomic mass is 9.79. The van der Waals surface area contributed by atoms with Crippen LogP contribution in [0.4, 0.5) is 0 Å². The highest BCUT2D eigenvalue weighted by molar-refractivity contribution is 9.10. The van der Waals surface area contributed by atoms with Crippen LogP contribution < -0.4 is 10.6 Å². The summed E-state index contributed by atoms with van der Waals surface area (Å²) in [6.07, 6.45) is 5.23. The van der Waals surface area contributed by atoms with E-state index in [1.54, 1.807) is 0 Å². The normalized spacial score (nSPS) is 25.9. The first-order chi connectivity index (χ1) is 8.74. The first kappa shape index (κ1) is 14.0. The van der Waals surface area contributed by atoms with Crippen molar-refractivity contribution in [3.05, 3.63) is 34.3 Å². The van der Waals surface area contributed by atoms with E-state index in [0.29, 0.717) is 6.04 Å². The maximum atomic E-state index is 3.50. The van der Waals surface area contributed by atoms with Crippen LogP contribution in [0.25, 0.3) is 0 Å². The SMILES string of the molecule is CNC1CCC(C(NC)c2ccc(Br)cc2)CC1. The van der Waals surface area contributed by atoms with Gasteiger partial charge in [0.2, 0.25) is 0 Å². The van der Waals surface area contributed by atoms with Crippen LogP contribution in [0.5, 0.6) is 0 Å². The summed E-state index contributed by atoms with van der Waals surface area (Å²) in [5.41, 5.74) is 1.41. The Balaban J connectivity index is 2.03. The summed E-state index contributed by atoms with van der Waals surface area (Å²) in [5.74, 6) is 0.765. The van der Waals surface area contributed by atoms with E-state index in [9.17, 15) is 0 Å². The maximum absolute atomic E-state index is 3.50. The van der Waals surface area contributed by atoms with Crippen molar-refractivity contribution in [2.45, 2.75) is 37.8 Å². The molecule has 0 radical (unpaired) electrons. The predicted molar refractivity (Wildman–Crippen MR) is 80.7 cm³/mol. The topological polar surface area (TPSA) is 24.1 Å². The summed E-state index contributed by atoms with van der Waals surface area (Å²) < 4.78 is 1.15. The molecule has 100 valence electrons. The van der Waals surface area contributed by atoms with Gasteiger partial charge in [-0.05, 0) is 63.4 Å².